The highest BCUT2D eigenvalue weighted by Crippen LogP contribution is 2.27. The smallest absolute Gasteiger partial charge is 0.381 e. The molecule has 8 heteroatoms. The number of carbonyl (C=O) groups is 1. The molecule has 0 saturated carbocycles. The van der Waals surface area contributed by atoms with E-state index in [1.807, 2.05) is 0 Å². The zero-order valence-electron chi connectivity index (χ0n) is 10.1. The van der Waals surface area contributed by atoms with Crippen molar-refractivity contribution in [2.45, 2.75) is 19.1 Å². The predicted octanol–water partition coefficient (Wildman–Crippen LogP) is 1.05. The van der Waals surface area contributed by atoms with E-state index < -0.39 is 11.9 Å². The van der Waals surface area contributed by atoms with Gasteiger partial charge in [-0.2, -0.15) is 18.3 Å². The summed E-state index contributed by atoms with van der Waals surface area (Å²) in [5.74, 6) is -0.0731. The SMILES string of the molecule is O=C(Cn1ccc(C(F)(F)F)n1)NC[C@@H]1CCOC1. The van der Waals surface area contributed by atoms with Crippen molar-refractivity contribution in [3.63, 3.8) is 0 Å². The average molecular weight is 277 g/mol. The van der Waals surface area contributed by atoms with Gasteiger partial charge in [-0.1, -0.05) is 0 Å². The molecule has 0 aliphatic carbocycles. The van der Waals surface area contributed by atoms with Crippen LogP contribution in [0.1, 0.15) is 12.1 Å². The van der Waals surface area contributed by atoms with E-state index in [4.69, 9.17) is 4.74 Å². The number of aromatic nitrogens is 2. The van der Waals surface area contributed by atoms with Crippen LogP contribution in [0.15, 0.2) is 12.3 Å². The summed E-state index contributed by atoms with van der Waals surface area (Å²) < 4.78 is 43.0. The zero-order chi connectivity index (χ0) is 13.9. The second-order valence-corrected chi connectivity index (χ2v) is 4.43. The molecule has 19 heavy (non-hydrogen) atoms. The minimum Gasteiger partial charge on any atom is -0.381 e. The van der Waals surface area contributed by atoms with Gasteiger partial charge in [-0.3, -0.25) is 9.48 Å². The molecule has 0 spiro atoms. The largest absolute Gasteiger partial charge is 0.435 e. The van der Waals surface area contributed by atoms with Crippen molar-refractivity contribution in [3.8, 4) is 0 Å². The van der Waals surface area contributed by atoms with Gasteiger partial charge in [0.2, 0.25) is 5.91 Å². The summed E-state index contributed by atoms with van der Waals surface area (Å²) >= 11 is 0. The Kier molecular flexibility index (Phi) is 4.08. The Morgan fingerprint density at radius 1 is 1.58 bits per heavy atom. The standard InChI is InChI=1S/C11H14F3N3O2/c12-11(13,14)9-1-3-17(16-9)6-10(18)15-5-8-2-4-19-7-8/h1,3,8H,2,4-7H2,(H,15,18)/t8-/m0/s1. The summed E-state index contributed by atoms with van der Waals surface area (Å²) in [6, 6.07) is 0.845. The summed E-state index contributed by atoms with van der Waals surface area (Å²) in [6.07, 6.45) is -2.45. The van der Waals surface area contributed by atoms with E-state index in [0.29, 0.717) is 19.8 Å². The molecule has 2 heterocycles. The highest BCUT2D eigenvalue weighted by molar-refractivity contribution is 5.75. The van der Waals surface area contributed by atoms with Crippen molar-refractivity contribution in [3.05, 3.63) is 18.0 Å². The van der Waals surface area contributed by atoms with E-state index in [-0.39, 0.29) is 18.4 Å². The molecule has 106 valence electrons. The third-order valence-electron chi connectivity index (χ3n) is 2.85. The lowest BCUT2D eigenvalue weighted by Gasteiger charge is -2.09. The Labute approximate surface area is 107 Å². The number of halogens is 3. The van der Waals surface area contributed by atoms with Gasteiger partial charge in [-0.25, -0.2) is 0 Å². The summed E-state index contributed by atoms with van der Waals surface area (Å²) in [5.41, 5.74) is -0.996. The molecule has 1 atom stereocenters. The fourth-order valence-corrected chi connectivity index (χ4v) is 1.81. The lowest BCUT2D eigenvalue weighted by Crippen LogP contribution is -2.32. The monoisotopic (exact) mass is 277 g/mol. The highest BCUT2D eigenvalue weighted by Gasteiger charge is 2.33. The first kappa shape index (κ1) is 13.9. The highest BCUT2D eigenvalue weighted by atomic mass is 19.4. The van der Waals surface area contributed by atoms with Crippen LogP contribution in [0.3, 0.4) is 0 Å². The van der Waals surface area contributed by atoms with Crippen LogP contribution in [0.25, 0.3) is 0 Å². The topological polar surface area (TPSA) is 56.2 Å². The number of nitrogens with one attached hydrogen (secondary N) is 1. The van der Waals surface area contributed by atoms with Crippen molar-refractivity contribution in [2.75, 3.05) is 19.8 Å². The Balaban J connectivity index is 1.80. The van der Waals surface area contributed by atoms with E-state index in [0.717, 1.165) is 23.4 Å². The van der Waals surface area contributed by atoms with Crippen LogP contribution in [-0.2, 0) is 22.3 Å². The molecule has 1 aromatic rings. The van der Waals surface area contributed by atoms with Gasteiger partial charge in [-0.05, 0) is 12.5 Å². The zero-order valence-corrected chi connectivity index (χ0v) is 10.1. The van der Waals surface area contributed by atoms with Crippen molar-refractivity contribution in [1.29, 1.82) is 0 Å². The van der Waals surface area contributed by atoms with Gasteiger partial charge < -0.3 is 10.1 Å². The predicted molar refractivity (Wildman–Crippen MR) is 59.2 cm³/mol. The number of ether oxygens (including phenoxy) is 1. The maximum Gasteiger partial charge on any atom is 0.435 e. The molecule has 1 aliphatic heterocycles. The van der Waals surface area contributed by atoms with Gasteiger partial charge in [-0.15, -0.1) is 0 Å². The third-order valence-corrected chi connectivity index (χ3v) is 2.85. The van der Waals surface area contributed by atoms with Gasteiger partial charge >= 0.3 is 6.18 Å². The van der Waals surface area contributed by atoms with Crippen LogP contribution >= 0.6 is 0 Å². The van der Waals surface area contributed by atoms with E-state index in [9.17, 15) is 18.0 Å². The van der Waals surface area contributed by atoms with Gasteiger partial charge in [0.05, 0.1) is 6.61 Å². The van der Waals surface area contributed by atoms with Gasteiger partial charge in [0.1, 0.15) is 6.54 Å². The molecular weight excluding hydrogens is 263 g/mol. The summed E-state index contributed by atoms with van der Waals surface area (Å²) in [7, 11) is 0. The fraction of sp³-hybridized carbons (Fsp3) is 0.636. The molecule has 0 aromatic carbocycles. The minimum atomic E-state index is -4.48. The van der Waals surface area contributed by atoms with Crippen molar-refractivity contribution < 1.29 is 22.7 Å². The molecule has 1 fully saturated rings. The molecule has 1 N–H and O–H groups in total. The molecule has 0 unspecified atom stereocenters. The fourth-order valence-electron chi connectivity index (χ4n) is 1.81. The number of nitrogens with zero attached hydrogens (tertiary/aromatic N) is 2. The molecule has 1 amide bonds. The Hall–Kier alpha value is -1.57. The van der Waals surface area contributed by atoms with Crippen molar-refractivity contribution in [2.24, 2.45) is 5.92 Å². The van der Waals surface area contributed by atoms with Crippen molar-refractivity contribution >= 4 is 5.91 Å². The lowest BCUT2D eigenvalue weighted by atomic mass is 10.1. The Morgan fingerprint density at radius 2 is 2.37 bits per heavy atom. The molecule has 0 radical (unpaired) electrons. The molecule has 0 bridgehead atoms. The van der Waals surface area contributed by atoms with Gasteiger partial charge in [0.15, 0.2) is 5.69 Å². The molecule has 5 nitrogen and oxygen atoms in total. The van der Waals surface area contributed by atoms with Crippen LogP contribution < -0.4 is 5.32 Å². The van der Waals surface area contributed by atoms with E-state index in [2.05, 4.69) is 10.4 Å². The number of alkyl halides is 3. The normalized spacial score (nSPS) is 19.6. The number of hydrogen-bond acceptors (Lipinski definition) is 3. The first-order valence-corrected chi connectivity index (χ1v) is 5.90. The van der Waals surface area contributed by atoms with Crippen LogP contribution in [0.4, 0.5) is 13.2 Å². The summed E-state index contributed by atoms with van der Waals surface area (Å²) in [6.45, 7) is 1.56. The van der Waals surface area contributed by atoms with Crippen LogP contribution in [0, 0.1) is 5.92 Å². The maximum absolute atomic E-state index is 12.3. The van der Waals surface area contributed by atoms with Crippen molar-refractivity contribution in [1.82, 2.24) is 15.1 Å². The summed E-state index contributed by atoms with van der Waals surface area (Å²) in [4.78, 5) is 11.5. The van der Waals surface area contributed by atoms with Gasteiger partial charge in [0, 0.05) is 25.3 Å². The first-order chi connectivity index (χ1) is 8.95. The van der Waals surface area contributed by atoms with E-state index in [1.54, 1.807) is 0 Å². The summed E-state index contributed by atoms with van der Waals surface area (Å²) in [5, 5.41) is 5.97. The first-order valence-electron chi connectivity index (χ1n) is 5.90. The Morgan fingerprint density at radius 3 is 2.95 bits per heavy atom. The lowest BCUT2D eigenvalue weighted by molar-refractivity contribution is -0.141. The maximum atomic E-state index is 12.3. The number of amides is 1. The molecule has 2 rings (SSSR count). The quantitative estimate of drug-likeness (QED) is 0.895. The van der Waals surface area contributed by atoms with Gasteiger partial charge in [0.25, 0.3) is 0 Å². The van der Waals surface area contributed by atoms with Crippen LogP contribution in [0.5, 0.6) is 0 Å². The molecular formula is C11H14F3N3O2. The minimum absolute atomic E-state index is 0.219. The molecule has 1 saturated heterocycles. The number of carbonyl (C=O) groups excluding carboxylic acids is 1. The Bertz CT molecular complexity index is 439. The van der Waals surface area contributed by atoms with Crippen LogP contribution in [0.2, 0.25) is 0 Å². The second kappa shape index (κ2) is 5.60. The third kappa shape index (κ3) is 3.95. The van der Waals surface area contributed by atoms with E-state index in [1.165, 1.54) is 0 Å². The van der Waals surface area contributed by atoms with Crippen LogP contribution in [-0.4, -0.2) is 35.4 Å². The molecule has 1 aromatic heterocycles. The average Bonchev–Trinajstić information content (AvgIpc) is 2.95. The second-order valence-electron chi connectivity index (χ2n) is 4.43. The molecule has 1 aliphatic rings. The van der Waals surface area contributed by atoms with E-state index >= 15 is 0 Å². The number of rotatable bonds is 4. The number of hydrogen-bond donors (Lipinski definition) is 1.